The number of hydrogen-bond donors (Lipinski definition) is 1. The molecule has 16 heavy (non-hydrogen) atoms. The molecule has 0 radical (unpaired) electrons. The van der Waals surface area contributed by atoms with E-state index in [4.69, 9.17) is 10.5 Å². The maximum Gasteiger partial charge on any atom is 0.251 e. The van der Waals surface area contributed by atoms with E-state index in [1.165, 1.54) is 4.90 Å². The van der Waals surface area contributed by atoms with Crippen LogP contribution in [0, 0.1) is 0 Å². The van der Waals surface area contributed by atoms with E-state index in [1.54, 1.807) is 19.2 Å². The van der Waals surface area contributed by atoms with Crippen LogP contribution in [0.15, 0.2) is 24.3 Å². The number of nitrogens with two attached hydrogens (primary N) is 1. The van der Waals surface area contributed by atoms with E-state index in [9.17, 15) is 8.78 Å². The first-order chi connectivity index (χ1) is 7.59. The molecule has 0 saturated heterocycles. The van der Waals surface area contributed by atoms with E-state index < -0.39 is 6.43 Å². The number of ether oxygens (including phenoxy) is 1. The molecule has 0 aliphatic rings. The summed E-state index contributed by atoms with van der Waals surface area (Å²) < 4.78 is 29.4. The van der Waals surface area contributed by atoms with Gasteiger partial charge in [0.25, 0.3) is 6.43 Å². The molecule has 0 aromatic heterocycles. The van der Waals surface area contributed by atoms with Crippen molar-refractivity contribution in [2.24, 2.45) is 0 Å². The number of hydrogen-bond acceptors (Lipinski definition) is 3. The minimum atomic E-state index is -2.31. The van der Waals surface area contributed by atoms with E-state index in [0.717, 1.165) is 0 Å². The van der Waals surface area contributed by atoms with E-state index in [0.29, 0.717) is 24.6 Å². The van der Waals surface area contributed by atoms with Crippen molar-refractivity contribution in [3.8, 4) is 5.75 Å². The van der Waals surface area contributed by atoms with E-state index in [2.05, 4.69) is 0 Å². The average Bonchev–Trinajstić information content (AvgIpc) is 2.19. The third kappa shape index (κ3) is 4.44. The van der Waals surface area contributed by atoms with Crippen LogP contribution >= 0.6 is 0 Å². The number of halogens is 2. The molecule has 0 fully saturated rings. The molecule has 0 heterocycles. The molecular formula is C11H16F2N2O. The van der Waals surface area contributed by atoms with Gasteiger partial charge in [0.05, 0.1) is 12.2 Å². The van der Waals surface area contributed by atoms with Gasteiger partial charge in [-0.25, -0.2) is 8.78 Å². The third-order valence-corrected chi connectivity index (χ3v) is 2.10. The van der Waals surface area contributed by atoms with Gasteiger partial charge in [0.1, 0.15) is 12.4 Å². The highest BCUT2D eigenvalue weighted by atomic mass is 19.3. The van der Waals surface area contributed by atoms with Gasteiger partial charge < -0.3 is 10.5 Å². The first-order valence-electron chi connectivity index (χ1n) is 5.03. The number of nitrogens with zero attached hydrogens (tertiary/aromatic N) is 1. The van der Waals surface area contributed by atoms with Crippen LogP contribution in [0.5, 0.6) is 5.75 Å². The van der Waals surface area contributed by atoms with Crippen molar-refractivity contribution in [2.45, 2.75) is 6.43 Å². The Labute approximate surface area is 93.8 Å². The summed E-state index contributed by atoms with van der Waals surface area (Å²) in [5.74, 6) is 0.591. The number of alkyl halides is 2. The Morgan fingerprint density at radius 3 is 2.69 bits per heavy atom. The highest BCUT2D eigenvalue weighted by Gasteiger charge is 2.07. The molecule has 0 aliphatic heterocycles. The van der Waals surface area contributed by atoms with E-state index in [1.807, 2.05) is 12.1 Å². The van der Waals surface area contributed by atoms with Gasteiger partial charge >= 0.3 is 0 Å². The third-order valence-electron chi connectivity index (χ3n) is 2.10. The van der Waals surface area contributed by atoms with Gasteiger partial charge in [0.15, 0.2) is 0 Å². The lowest BCUT2D eigenvalue weighted by molar-refractivity contribution is 0.0936. The number of nitrogen functional groups attached to an aromatic ring is 1. The fourth-order valence-electron chi connectivity index (χ4n) is 1.25. The highest BCUT2D eigenvalue weighted by Crippen LogP contribution is 2.19. The average molecular weight is 230 g/mol. The summed E-state index contributed by atoms with van der Waals surface area (Å²) in [6.45, 7) is 0.545. The van der Waals surface area contributed by atoms with Crippen LogP contribution < -0.4 is 10.5 Å². The summed E-state index contributed by atoms with van der Waals surface area (Å²) in [7, 11) is 1.63. The van der Waals surface area contributed by atoms with Crippen LogP contribution in [-0.4, -0.2) is 38.1 Å². The lowest BCUT2D eigenvalue weighted by Gasteiger charge is -2.16. The van der Waals surface area contributed by atoms with Crippen molar-refractivity contribution in [3.63, 3.8) is 0 Å². The van der Waals surface area contributed by atoms with Crippen molar-refractivity contribution in [1.82, 2.24) is 4.90 Å². The summed E-state index contributed by atoms with van der Waals surface area (Å²) >= 11 is 0. The molecule has 0 unspecified atom stereocenters. The number of para-hydroxylation sites is 2. The minimum absolute atomic E-state index is 0.242. The second kappa shape index (κ2) is 6.27. The van der Waals surface area contributed by atoms with E-state index in [-0.39, 0.29) is 6.54 Å². The second-order valence-electron chi connectivity index (χ2n) is 3.54. The van der Waals surface area contributed by atoms with Crippen molar-refractivity contribution >= 4 is 5.69 Å². The summed E-state index contributed by atoms with van der Waals surface area (Å²) in [6, 6.07) is 7.11. The molecule has 5 heteroatoms. The molecule has 0 aliphatic carbocycles. The predicted octanol–water partition coefficient (Wildman–Crippen LogP) is 1.84. The zero-order chi connectivity index (χ0) is 12.0. The van der Waals surface area contributed by atoms with Crippen LogP contribution in [0.25, 0.3) is 0 Å². The Morgan fingerprint density at radius 1 is 1.38 bits per heavy atom. The molecule has 0 amide bonds. The van der Waals surface area contributed by atoms with Gasteiger partial charge in [0.2, 0.25) is 0 Å². The molecule has 0 saturated carbocycles. The molecule has 1 aromatic rings. The highest BCUT2D eigenvalue weighted by molar-refractivity contribution is 5.51. The van der Waals surface area contributed by atoms with Crippen molar-refractivity contribution in [3.05, 3.63) is 24.3 Å². The topological polar surface area (TPSA) is 38.5 Å². The Bertz CT molecular complexity index is 321. The summed E-state index contributed by atoms with van der Waals surface area (Å²) in [5, 5.41) is 0. The van der Waals surface area contributed by atoms with Crippen molar-refractivity contribution < 1.29 is 13.5 Å². The largest absolute Gasteiger partial charge is 0.490 e. The van der Waals surface area contributed by atoms with Crippen molar-refractivity contribution in [1.29, 1.82) is 0 Å². The normalized spacial score (nSPS) is 11.1. The smallest absolute Gasteiger partial charge is 0.251 e. The number of anilines is 1. The van der Waals surface area contributed by atoms with Gasteiger partial charge in [0, 0.05) is 6.54 Å². The van der Waals surface area contributed by atoms with Gasteiger partial charge in [-0.2, -0.15) is 0 Å². The lowest BCUT2D eigenvalue weighted by atomic mass is 10.3. The fraction of sp³-hybridized carbons (Fsp3) is 0.455. The standard InChI is InChI=1S/C11H16F2N2O/c1-15(8-11(12)13)6-7-16-10-5-3-2-4-9(10)14/h2-5,11H,6-8,14H2,1H3. The fourth-order valence-corrected chi connectivity index (χ4v) is 1.25. The Morgan fingerprint density at radius 2 is 2.06 bits per heavy atom. The zero-order valence-corrected chi connectivity index (χ0v) is 9.20. The lowest BCUT2D eigenvalue weighted by Crippen LogP contribution is -2.29. The molecule has 3 nitrogen and oxygen atoms in total. The summed E-state index contributed by atoms with van der Waals surface area (Å²) in [6.07, 6.45) is -2.31. The summed E-state index contributed by atoms with van der Waals surface area (Å²) in [5.41, 5.74) is 6.21. The molecule has 2 N–H and O–H groups in total. The molecular weight excluding hydrogens is 214 g/mol. The molecule has 0 bridgehead atoms. The Balaban J connectivity index is 2.28. The van der Waals surface area contributed by atoms with Crippen LogP contribution in [0.4, 0.5) is 14.5 Å². The minimum Gasteiger partial charge on any atom is -0.490 e. The molecule has 90 valence electrons. The predicted molar refractivity (Wildman–Crippen MR) is 59.9 cm³/mol. The monoisotopic (exact) mass is 230 g/mol. The van der Waals surface area contributed by atoms with Gasteiger partial charge in [-0.1, -0.05) is 12.1 Å². The first-order valence-corrected chi connectivity index (χ1v) is 5.03. The van der Waals surface area contributed by atoms with E-state index >= 15 is 0 Å². The van der Waals surface area contributed by atoms with Crippen LogP contribution in [0.1, 0.15) is 0 Å². The van der Waals surface area contributed by atoms with Gasteiger partial charge in [-0.15, -0.1) is 0 Å². The Kier molecular flexibility index (Phi) is 4.98. The molecule has 0 spiro atoms. The Hall–Kier alpha value is -1.36. The van der Waals surface area contributed by atoms with Crippen molar-refractivity contribution in [2.75, 3.05) is 32.5 Å². The number of benzene rings is 1. The van der Waals surface area contributed by atoms with Crippen LogP contribution in [-0.2, 0) is 0 Å². The molecule has 1 rings (SSSR count). The number of likely N-dealkylation sites (N-methyl/N-ethyl adjacent to an activating group) is 1. The quantitative estimate of drug-likeness (QED) is 0.758. The first kappa shape index (κ1) is 12.7. The maximum atomic E-state index is 12.0. The van der Waals surface area contributed by atoms with Crippen LogP contribution in [0.3, 0.4) is 0 Å². The SMILES string of the molecule is CN(CCOc1ccccc1N)CC(F)F. The molecule has 1 aromatic carbocycles. The zero-order valence-electron chi connectivity index (χ0n) is 9.20. The van der Waals surface area contributed by atoms with Crippen LogP contribution in [0.2, 0.25) is 0 Å². The summed E-state index contributed by atoms with van der Waals surface area (Å²) in [4.78, 5) is 1.52. The second-order valence-corrected chi connectivity index (χ2v) is 3.54. The van der Waals surface area contributed by atoms with Gasteiger partial charge in [-0.3, -0.25) is 4.90 Å². The van der Waals surface area contributed by atoms with Gasteiger partial charge in [-0.05, 0) is 19.2 Å². The maximum absolute atomic E-state index is 12.0. The number of rotatable bonds is 6. The molecule has 0 atom stereocenters.